The maximum absolute atomic E-state index is 12.7. The molecule has 2 heterocycles. The van der Waals surface area contributed by atoms with Crippen LogP contribution in [0.5, 0.6) is 0 Å². The number of likely N-dealkylation sites (tertiary alicyclic amines) is 1. The Balaban J connectivity index is 2.06. The third kappa shape index (κ3) is 2.15. The molecule has 104 valence electrons. The van der Waals surface area contributed by atoms with Gasteiger partial charge in [0.1, 0.15) is 5.15 Å². The summed E-state index contributed by atoms with van der Waals surface area (Å²) in [4.78, 5) is 18.5. The van der Waals surface area contributed by atoms with Gasteiger partial charge in [-0.05, 0) is 18.2 Å². The number of aliphatic hydroxyl groups excluding tert-OH is 1. The summed E-state index contributed by atoms with van der Waals surface area (Å²) in [6.07, 6.45) is 3.30. The third-order valence-corrected chi connectivity index (χ3v) is 4.13. The van der Waals surface area contributed by atoms with Crippen molar-refractivity contribution in [2.75, 3.05) is 13.2 Å². The van der Waals surface area contributed by atoms with Crippen LogP contribution in [0.3, 0.4) is 0 Å². The number of hydrogen-bond donors (Lipinski definition) is 1. The number of halogens is 1. The van der Waals surface area contributed by atoms with Gasteiger partial charge in [0.25, 0.3) is 5.91 Å². The van der Waals surface area contributed by atoms with Crippen molar-refractivity contribution in [1.29, 1.82) is 0 Å². The summed E-state index contributed by atoms with van der Waals surface area (Å²) < 4.78 is 0. The van der Waals surface area contributed by atoms with Crippen LogP contribution in [-0.2, 0) is 0 Å². The van der Waals surface area contributed by atoms with E-state index in [0.29, 0.717) is 17.3 Å². The molecule has 0 radical (unpaired) electrons. The monoisotopic (exact) mass is 290 g/mol. The third-order valence-electron chi connectivity index (χ3n) is 3.83. The Bertz CT molecular complexity index is 659. The molecule has 0 unspecified atom stereocenters. The van der Waals surface area contributed by atoms with E-state index in [1.807, 2.05) is 24.3 Å². The van der Waals surface area contributed by atoms with Gasteiger partial charge >= 0.3 is 0 Å². The number of fused-ring (bicyclic) bond motifs is 1. The number of pyridine rings is 1. The largest absolute Gasteiger partial charge is 0.394 e. The Morgan fingerprint density at radius 2 is 2.15 bits per heavy atom. The molecular weight excluding hydrogens is 276 g/mol. The molecule has 0 spiro atoms. The minimum absolute atomic E-state index is 0.00465. The lowest BCUT2D eigenvalue weighted by atomic mass is 10.1. The number of amides is 1. The van der Waals surface area contributed by atoms with Crippen molar-refractivity contribution in [1.82, 2.24) is 9.88 Å². The Morgan fingerprint density at radius 1 is 1.40 bits per heavy atom. The van der Waals surface area contributed by atoms with E-state index in [2.05, 4.69) is 4.98 Å². The number of nitrogens with zero attached hydrogens (tertiary/aromatic N) is 2. The highest BCUT2D eigenvalue weighted by Gasteiger charge is 2.29. The van der Waals surface area contributed by atoms with E-state index in [9.17, 15) is 9.90 Å². The summed E-state index contributed by atoms with van der Waals surface area (Å²) in [7, 11) is 0. The second kappa shape index (κ2) is 5.38. The van der Waals surface area contributed by atoms with Crippen molar-refractivity contribution >= 4 is 28.3 Å². The van der Waals surface area contributed by atoms with E-state index < -0.39 is 0 Å². The Morgan fingerprint density at radius 3 is 2.90 bits per heavy atom. The van der Waals surface area contributed by atoms with Crippen LogP contribution in [0.15, 0.2) is 30.5 Å². The molecule has 1 N–H and O–H groups in total. The first-order chi connectivity index (χ1) is 9.72. The zero-order chi connectivity index (χ0) is 14.1. The second-order valence-electron chi connectivity index (χ2n) is 4.99. The molecule has 0 bridgehead atoms. The van der Waals surface area contributed by atoms with Gasteiger partial charge in [-0.1, -0.05) is 35.9 Å². The molecule has 1 saturated heterocycles. The van der Waals surface area contributed by atoms with Crippen molar-refractivity contribution in [3.05, 3.63) is 41.2 Å². The van der Waals surface area contributed by atoms with E-state index in [0.717, 1.165) is 23.6 Å². The van der Waals surface area contributed by atoms with Gasteiger partial charge in [-0.15, -0.1) is 0 Å². The molecule has 1 aromatic heterocycles. The Hall–Kier alpha value is -1.65. The fourth-order valence-electron chi connectivity index (χ4n) is 2.78. The van der Waals surface area contributed by atoms with Gasteiger partial charge in [-0.3, -0.25) is 4.79 Å². The standard InChI is InChI=1S/C15H15ClN2O2/c16-14-12-6-2-1-5-11(12)13(8-17-14)15(20)18-7-3-4-10(18)9-19/h1-2,5-6,8,10,19H,3-4,7,9H2/t10-/m1/s1. The lowest BCUT2D eigenvalue weighted by Gasteiger charge is -2.23. The topological polar surface area (TPSA) is 53.4 Å². The van der Waals surface area contributed by atoms with Crippen molar-refractivity contribution in [3.63, 3.8) is 0 Å². The summed E-state index contributed by atoms with van der Waals surface area (Å²) in [5.41, 5.74) is 0.547. The first-order valence-electron chi connectivity index (χ1n) is 6.67. The van der Waals surface area contributed by atoms with E-state index in [1.54, 1.807) is 4.90 Å². The van der Waals surface area contributed by atoms with Crippen LogP contribution in [0.25, 0.3) is 10.8 Å². The van der Waals surface area contributed by atoms with Crippen molar-refractivity contribution in [2.24, 2.45) is 0 Å². The number of carbonyl (C=O) groups is 1. The predicted octanol–water partition coefficient (Wildman–Crippen LogP) is 2.49. The fraction of sp³-hybridized carbons (Fsp3) is 0.333. The summed E-state index contributed by atoms with van der Waals surface area (Å²) in [6, 6.07) is 7.39. The van der Waals surface area contributed by atoms with E-state index in [1.165, 1.54) is 6.20 Å². The predicted molar refractivity (Wildman–Crippen MR) is 77.9 cm³/mol. The molecule has 1 aliphatic rings. The van der Waals surface area contributed by atoms with E-state index in [4.69, 9.17) is 11.6 Å². The van der Waals surface area contributed by atoms with Gasteiger partial charge in [-0.2, -0.15) is 0 Å². The maximum atomic E-state index is 12.7. The fourth-order valence-corrected chi connectivity index (χ4v) is 2.99. The SMILES string of the molecule is O=C(c1cnc(Cl)c2ccccc12)N1CCC[C@@H]1CO. The highest BCUT2D eigenvalue weighted by molar-refractivity contribution is 6.34. The number of aliphatic hydroxyl groups is 1. The van der Waals surface area contributed by atoms with Crippen LogP contribution in [-0.4, -0.2) is 40.1 Å². The lowest BCUT2D eigenvalue weighted by molar-refractivity contribution is 0.0679. The number of aromatic nitrogens is 1. The summed E-state index contributed by atoms with van der Waals surface area (Å²) in [5, 5.41) is 11.3. The molecule has 20 heavy (non-hydrogen) atoms. The summed E-state index contributed by atoms with van der Waals surface area (Å²) in [6.45, 7) is 0.686. The first kappa shape index (κ1) is 13.3. The molecule has 5 heteroatoms. The van der Waals surface area contributed by atoms with Crippen LogP contribution >= 0.6 is 11.6 Å². The smallest absolute Gasteiger partial charge is 0.256 e. The van der Waals surface area contributed by atoms with Crippen LogP contribution in [0.2, 0.25) is 5.15 Å². The molecule has 1 atom stereocenters. The molecular formula is C15H15ClN2O2. The highest BCUT2D eigenvalue weighted by atomic mass is 35.5. The van der Waals surface area contributed by atoms with Gasteiger partial charge in [0.2, 0.25) is 0 Å². The average molecular weight is 291 g/mol. The van der Waals surface area contributed by atoms with E-state index in [-0.39, 0.29) is 18.6 Å². The van der Waals surface area contributed by atoms with Crippen LogP contribution < -0.4 is 0 Å². The Kier molecular flexibility index (Phi) is 3.59. The van der Waals surface area contributed by atoms with Crippen LogP contribution in [0, 0.1) is 0 Å². The normalized spacial score (nSPS) is 18.7. The second-order valence-corrected chi connectivity index (χ2v) is 5.34. The quantitative estimate of drug-likeness (QED) is 0.865. The molecule has 0 aliphatic carbocycles. The van der Waals surface area contributed by atoms with Gasteiger partial charge in [-0.25, -0.2) is 4.98 Å². The minimum atomic E-state index is -0.0862. The number of rotatable bonds is 2. The summed E-state index contributed by atoms with van der Waals surface area (Å²) >= 11 is 6.07. The average Bonchev–Trinajstić information content (AvgIpc) is 2.96. The van der Waals surface area contributed by atoms with Gasteiger partial charge in [0.15, 0.2) is 0 Å². The molecule has 1 fully saturated rings. The van der Waals surface area contributed by atoms with Gasteiger partial charge in [0.05, 0.1) is 18.2 Å². The highest BCUT2D eigenvalue weighted by Crippen LogP contribution is 2.27. The first-order valence-corrected chi connectivity index (χ1v) is 7.05. The number of benzene rings is 1. The minimum Gasteiger partial charge on any atom is -0.394 e. The molecule has 2 aromatic rings. The van der Waals surface area contributed by atoms with Gasteiger partial charge < -0.3 is 10.0 Å². The maximum Gasteiger partial charge on any atom is 0.256 e. The van der Waals surface area contributed by atoms with Crippen molar-refractivity contribution in [2.45, 2.75) is 18.9 Å². The lowest BCUT2D eigenvalue weighted by Crippen LogP contribution is -2.37. The van der Waals surface area contributed by atoms with Crippen LogP contribution in [0.4, 0.5) is 0 Å². The molecule has 3 rings (SSSR count). The zero-order valence-corrected chi connectivity index (χ0v) is 11.7. The molecule has 1 amide bonds. The zero-order valence-electron chi connectivity index (χ0n) is 10.9. The van der Waals surface area contributed by atoms with Crippen LogP contribution in [0.1, 0.15) is 23.2 Å². The van der Waals surface area contributed by atoms with Gasteiger partial charge in [0, 0.05) is 18.1 Å². The summed E-state index contributed by atoms with van der Waals surface area (Å²) in [5.74, 6) is -0.0816. The molecule has 0 saturated carbocycles. The van der Waals surface area contributed by atoms with Crippen molar-refractivity contribution < 1.29 is 9.90 Å². The molecule has 1 aliphatic heterocycles. The van der Waals surface area contributed by atoms with E-state index >= 15 is 0 Å². The molecule has 1 aromatic carbocycles. The van der Waals surface area contributed by atoms with Crippen molar-refractivity contribution in [3.8, 4) is 0 Å². The molecule has 4 nitrogen and oxygen atoms in total. The number of carbonyl (C=O) groups excluding carboxylic acids is 1. The Labute approximate surface area is 122 Å². The number of hydrogen-bond acceptors (Lipinski definition) is 3.